The van der Waals surface area contributed by atoms with E-state index >= 15 is 0 Å². The Morgan fingerprint density at radius 3 is 1.80 bits per heavy atom. The number of carboxylic acid groups (broad SMARTS) is 1. The molecular formula is C43H50ClN5O5. The minimum atomic E-state index is -1.54. The first-order valence-electron chi connectivity index (χ1n) is 18.5. The lowest BCUT2D eigenvalue weighted by Crippen LogP contribution is -2.22. The Hall–Kier alpha value is -5.22. The van der Waals surface area contributed by atoms with Gasteiger partial charge in [-0.25, -0.2) is 4.79 Å². The average molecular weight is 752 g/mol. The molecule has 54 heavy (non-hydrogen) atoms. The van der Waals surface area contributed by atoms with Gasteiger partial charge in [0.15, 0.2) is 0 Å². The van der Waals surface area contributed by atoms with E-state index in [1.54, 1.807) is 24.3 Å². The van der Waals surface area contributed by atoms with E-state index in [0.717, 1.165) is 49.7 Å². The Labute approximate surface area is 320 Å². The maximum absolute atomic E-state index is 14.4. The van der Waals surface area contributed by atoms with Gasteiger partial charge in [0, 0.05) is 39.9 Å². The molecule has 0 aliphatic rings. The molecule has 0 saturated heterocycles. The van der Waals surface area contributed by atoms with E-state index in [0.29, 0.717) is 17.9 Å². The lowest BCUT2D eigenvalue weighted by atomic mass is 9.87. The third-order valence-electron chi connectivity index (χ3n) is 9.78. The molecule has 1 amide bonds. The highest BCUT2D eigenvalue weighted by molar-refractivity contribution is 6.43. The van der Waals surface area contributed by atoms with Crippen LogP contribution in [0.1, 0.15) is 124 Å². The van der Waals surface area contributed by atoms with Gasteiger partial charge in [-0.05, 0) is 58.7 Å². The number of aromatic carboxylic acids is 1. The minimum absolute atomic E-state index is 0.0190. The highest BCUT2D eigenvalue weighted by Crippen LogP contribution is 2.41. The summed E-state index contributed by atoms with van der Waals surface area (Å²) < 4.78 is 0. The number of aromatic nitrogens is 1. The second-order valence-corrected chi connectivity index (χ2v) is 16.3. The lowest BCUT2D eigenvalue weighted by Gasteiger charge is -2.22. The van der Waals surface area contributed by atoms with Gasteiger partial charge < -0.3 is 21.1 Å². The Kier molecular flexibility index (Phi) is 11.9. The molecular weight excluding hydrogens is 702 g/mol. The second kappa shape index (κ2) is 16.0. The van der Waals surface area contributed by atoms with Crippen molar-refractivity contribution in [3.63, 3.8) is 0 Å². The van der Waals surface area contributed by atoms with E-state index < -0.39 is 39.1 Å². The monoisotopic (exact) mass is 751 g/mol. The number of hydrogen-bond donors (Lipinski definition) is 6. The van der Waals surface area contributed by atoms with Crippen molar-refractivity contribution in [3.05, 3.63) is 108 Å². The number of carbonyl (C=O) groups excluding carboxylic acids is 1. The van der Waals surface area contributed by atoms with Crippen molar-refractivity contribution in [1.82, 2.24) is 4.98 Å². The van der Waals surface area contributed by atoms with Crippen molar-refractivity contribution in [1.29, 1.82) is 5.41 Å². The standard InChI is InChI=1S/C43H50ClN5O5/c1-8-9-10-11-12-13-22-46-29-23-28-30-32(31(29)39(51)49-38(28)50)33(40(52)48-27-20-16-25(17-21-27)43(5,6)7)35(41(53)54)36(44)34(30)37(45)47-26-18-14-24(15-19-26)42(2,3)4/h14-21,23,46H,8-13,22H2,1-7H3,(H2,45,47)(H,48,52)(H,53,54)(H,49,50,51). The molecule has 10 nitrogen and oxygen atoms in total. The number of anilines is 3. The van der Waals surface area contributed by atoms with Gasteiger partial charge in [-0.2, -0.15) is 0 Å². The van der Waals surface area contributed by atoms with Crippen LogP contribution in [-0.2, 0) is 10.8 Å². The molecule has 0 atom stereocenters. The molecule has 6 N–H and O–H groups in total. The Balaban J connectivity index is 1.74. The number of aromatic amines is 1. The van der Waals surface area contributed by atoms with Crippen LogP contribution in [0.25, 0.3) is 21.5 Å². The van der Waals surface area contributed by atoms with Crippen LogP contribution in [-0.4, -0.2) is 34.3 Å². The molecule has 6 rings (SSSR count). The third-order valence-corrected chi connectivity index (χ3v) is 10.2. The van der Waals surface area contributed by atoms with Crippen LogP contribution in [0.15, 0.2) is 64.2 Å². The number of hydrogen-bond acceptors (Lipinski definition) is 6. The molecule has 4 aromatic carbocycles. The zero-order chi connectivity index (χ0) is 39.5. The summed E-state index contributed by atoms with van der Waals surface area (Å²) in [4.78, 5) is 57.7. The summed E-state index contributed by atoms with van der Waals surface area (Å²) in [5.41, 5.74) is 0.326. The summed E-state index contributed by atoms with van der Waals surface area (Å²) in [6.45, 7) is 15.1. The van der Waals surface area contributed by atoms with E-state index in [-0.39, 0.29) is 49.5 Å². The molecule has 0 aliphatic carbocycles. The molecule has 6 aromatic rings. The number of unbranched alkanes of at least 4 members (excludes halogenated alkanes) is 5. The molecule has 0 saturated carbocycles. The number of halogens is 1. The Bertz CT molecular complexity index is 2320. The normalized spacial score (nSPS) is 11.9. The zero-order valence-corrected chi connectivity index (χ0v) is 32.9. The van der Waals surface area contributed by atoms with Crippen LogP contribution in [0.2, 0.25) is 5.02 Å². The Morgan fingerprint density at radius 1 is 0.722 bits per heavy atom. The van der Waals surface area contributed by atoms with Gasteiger partial charge in [-0.15, -0.1) is 0 Å². The average Bonchev–Trinajstić information content (AvgIpc) is 3.27. The number of fused-ring (bicyclic) bond motifs is 3. The third kappa shape index (κ3) is 8.44. The van der Waals surface area contributed by atoms with Crippen LogP contribution < -0.4 is 27.1 Å². The maximum atomic E-state index is 14.4. The quantitative estimate of drug-likeness (QED) is 0.0396. The topological polar surface area (TPSA) is 164 Å². The number of amides is 1. The van der Waals surface area contributed by atoms with Gasteiger partial charge in [0.05, 0.1) is 26.9 Å². The molecule has 0 fully saturated rings. The molecule has 2 aromatic heterocycles. The summed E-state index contributed by atoms with van der Waals surface area (Å²) >= 11 is 6.96. The van der Waals surface area contributed by atoms with Gasteiger partial charge >= 0.3 is 5.97 Å². The fraction of sp³-hybridized carbons (Fsp3) is 0.372. The van der Waals surface area contributed by atoms with Gasteiger partial charge in [0.2, 0.25) is 0 Å². The molecule has 0 unspecified atom stereocenters. The van der Waals surface area contributed by atoms with Crippen molar-refractivity contribution in [2.24, 2.45) is 0 Å². The van der Waals surface area contributed by atoms with Crippen LogP contribution in [0.4, 0.5) is 17.1 Å². The van der Waals surface area contributed by atoms with E-state index in [9.17, 15) is 29.7 Å². The summed E-state index contributed by atoms with van der Waals surface area (Å²) in [5.74, 6) is -2.69. The number of carboxylic acids is 1. The lowest BCUT2D eigenvalue weighted by molar-refractivity contribution is 0.0693. The highest BCUT2D eigenvalue weighted by atomic mass is 35.5. The number of carbonyl (C=O) groups is 2. The van der Waals surface area contributed by atoms with Crippen LogP contribution in [0.3, 0.4) is 0 Å². The van der Waals surface area contributed by atoms with E-state index in [4.69, 9.17) is 11.6 Å². The highest BCUT2D eigenvalue weighted by Gasteiger charge is 2.33. The van der Waals surface area contributed by atoms with Crippen molar-refractivity contribution in [2.75, 3.05) is 22.5 Å². The fourth-order valence-electron chi connectivity index (χ4n) is 6.75. The maximum Gasteiger partial charge on any atom is 0.338 e. The molecule has 2 bridgehead atoms. The molecule has 2 heterocycles. The number of benzene rings is 4. The van der Waals surface area contributed by atoms with Gasteiger partial charge in [-0.1, -0.05) is 116 Å². The van der Waals surface area contributed by atoms with Crippen molar-refractivity contribution in [3.8, 4) is 0 Å². The second-order valence-electron chi connectivity index (χ2n) is 15.9. The predicted octanol–water partition coefficient (Wildman–Crippen LogP) is 9.89. The molecule has 0 spiro atoms. The van der Waals surface area contributed by atoms with Crippen molar-refractivity contribution >= 4 is 67.9 Å². The van der Waals surface area contributed by atoms with Gasteiger partial charge in [0.1, 0.15) is 5.84 Å². The SMILES string of the molecule is CCCCCCCCNc1cc2c(=O)[nH]c(=O)c1c1c(C(=O)Nc3ccc(C(C)(C)C)cc3)c(C(=O)O)c(Cl)c(C(=N)Nc3ccc(C(C)(C)C)cc3)c21. The van der Waals surface area contributed by atoms with Gasteiger partial charge in [0.25, 0.3) is 17.0 Å². The zero-order valence-electron chi connectivity index (χ0n) is 32.1. The number of rotatable bonds is 13. The summed E-state index contributed by atoms with van der Waals surface area (Å²) in [7, 11) is 0. The fourth-order valence-corrected chi connectivity index (χ4v) is 7.11. The first kappa shape index (κ1) is 40.0. The Morgan fingerprint density at radius 2 is 1.26 bits per heavy atom. The number of amidine groups is 1. The van der Waals surface area contributed by atoms with Crippen LogP contribution in [0.5, 0.6) is 0 Å². The largest absolute Gasteiger partial charge is 0.478 e. The smallest absolute Gasteiger partial charge is 0.338 e. The summed E-state index contributed by atoms with van der Waals surface area (Å²) in [6.07, 6.45) is 6.21. The number of nitrogens with one attached hydrogen (secondary N) is 5. The summed E-state index contributed by atoms with van der Waals surface area (Å²) in [6, 6.07) is 16.1. The molecule has 11 heteroatoms. The van der Waals surface area contributed by atoms with Crippen molar-refractivity contribution in [2.45, 2.75) is 97.8 Å². The molecule has 284 valence electrons. The van der Waals surface area contributed by atoms with Crippen LogP contribution >= 0.6 is 11.6 Å². The number of H-pyrrole nitrogens is 1. The molecule has 0 radical (unpaired) electrons. The van der Waals surface area contributed by atoms with E-state index in [1.807, 2.05) is 24.3 Å². The van der Waals surface area contributed by atoms with E-state index in [1.165, 1.54) is 6.07 Å². The van der Waals surface area contributed by atoms with Crippen LogP contribution in [0, 0.1) is 5.41 Å². The first-order chi connectivity index (χ1) is 25.4. The predicted molar refractivity (Wildman–Crippen MR) is 222 cm³/mol. The van der Waals surface area contributed by atoms with Crippen molar-refractivity contribution < 1.29 is 14.7 Å². The summed E-state index contributed by atoms with van der Waals surface area (Å²) in [5, 5.41) is 28.5. The minimum Gasteiger partial charge on any atom is -0.478 e. The van der Waals surface area contributed by atoms with Gasteiger partial charge in [-0.3, -0.25) is 24.8 Å². The first-order valence-corrected chi connectivity index (χ1v) is 18.9. The molecule has 0 aliphatic heterocycles. The van der Waals surface area contributed by atoms with E-state index in [2.05, 4.69) is 69.4 Å².